The van der Waals surface area contributed by atoms with Crippen LogP contribution in [0.1, 0.15) is 129 Å². The third-order valence-corrected chi connectivity index (χ3v) is 12.0. The number of hydrogen-bond acceptors (Lipinski definition) is 4. The van der Waals surface area contributed by atoms with Crippen molar-refractivity contribution in [3.63, 3.8) is 0 Å². The molecule has 0 saturated carbocycles. The molecule has 2 unspecified atom stereocenters. The van der Waals surface area contributed by atoms with Crippen LogP contribution in [0.2, 0.25) is 0 Å². The molecule has 2 aromatic rings. The molecule has 2 heterocycles. The molecule has 0 aliphatic carbocycles. The Labute approximate surface area is 356 Å². The summed E-state index contributed by atoms with van der Waals surface area (Å²) in [6.07, 6.45) is 25.1. The van der Waals surface area contributed by atoms with Crippen LogP contribution in [0.25, 0.3) is 0 Å². The Morgan fingerprint density at radius 3 is 1.08 bits per heavy atom. The second-order valence-corrected chi connectivity index (χ2v) is 16.9. The first-order chi connectivity index (χ1) is 24.1. The zero-order chi connectivity index (χ0) is 36.2. The molecule has 2 saturated heterocycles. The molecule has 6 nitrogen and oxygen atoms in total. The van der Waals surface area contributed by atoms with Gasteiger partial charge in [0.05, 0.1) is 54.4 Å². The molecule has 0 bridgehead atoms. The number of unbranched alkanes of at least 4 members (excludes halogenated alkanes) is 14. The molecule has 52 heavy (non-hydrogen) atoms. The number of hydrogen-bond donors (Lipinski definition) is 2. The highest BCUT2D eigenvalue weighted by Crippen LogP contribution is 2.28. The SMILES string of the molecule is CCCCCCCCCC[N+](C)(C)C1CCN(c2ccc(N)cc2)C1.CCCCCCCCCC[N+](C)(C)C1CCN(c2ccc(N)cc2)C1.[I-].[I-]. The smallest absolute Gasteiger partial charge is 0.108 e. The van der Waals surface area contributed by atoms with Crippen LogP contribution in [-0.2, 0) is 0 Å². The van der Waals surface area contributed by atoms with Gasteiger partial charge in [-0.25, -0.2) is 0 Å². The molecule has 300 valence electrons. The minimum atomic E-state index is 0. The molecule has 4 N–H and O–H groups in total. The summed E-state index contributed by atoms with van der Waals surface area (Å²) >= 11 is 0. The van der Waals surface area contributed by atoms with Crippen LogP contribution in [0.15, 0.2) is 48.5 Å². The molecule has 2 aliphatic rings. The van der Waals surface area contributed by atoms with E-state index in [0.717, 1.165) is 23.5 Å². The Kier molecular flexibility index (Phi) is 25.2. The van der Waals surface area contributed by atoms with Gasteiger partial charge in [-0.1, -0.05) is 90.9 Å². The lowest BCUT2D eigenvalue weighted by Gasteiger charge is -2.36. The van der Waals surface area contributed by atoms with Crippen LogP contribution in [0, 0.1) is 0 Å². The maximum absolute atomic E-state index is 5.81. The monoisotopic (exact) mass is 946 g/mol. The van der Waals surface area contributed by atoms with Crippen molar-refractivity contribution < 1.29 is 56.9 Å². The minimum absolute atomic E-state index is 0. The Balaban J connectivity index is 0.000000501. The molecular formula is C44H80I2N6. The molecule has 2 fully saturated rings. The van der Waals surface area contributed by atoms with Gasteiger partial charge in [0.1, 0.15) is 12.1 Å². The van der Waals surface area contributed by atoms with E-state index in [1.807, 2.05) is 24.3 Å². The minimum Gasteiger partial charge on any atom is -1.00 e. The molecule has 0 aromatic heterocycles. The van der Waals surface area contributed by atoms with E-state index in [1.165, 1.54) is 175 Å². The topological polar surface area (TPSA) is 58.5 Å². The van der Waals surface area contributed by atoms with Crippen molar-refractivity contribution in [2.24, 2.45) is 0 Å². The zero-order valence-corrected chi connectivity index (χ0v) is 38.8. The number of likely N-dealkylation sites (N-methyl/N-ethyl adjacent to an activating group) is 2. The highest BCUT2D eigenvalue weighted by Gasteiger charge is 2.36. The van der Waals surface area contributed by atoms with Gasteiger partial charge in [0, 0.05) is 48.7 Å². The summed E-state index contributed by atoms with van der Waals surface area (Å²) in [5, 5.41) is 0. The molecular weight excluding hydrogens is 866 g/mol. The first-order valence-electron chi connectivity index (χ1n) is 20.9. The molecule has 0 radical (unpaired) electrons. The number of anilines is 4. The van der Waals surface area contributed by atoms with Gasteiger partial charge in [0.15, 0.2) is 0 Å². The van der Waals surface area contributed by atoms with Crippen molar-refractivity contribution in [2.45, 2.75) is 142 Å². The van der Waals surface area contributed by atoms with Crippen molar-refractivity contribution in [3.05, 3.63) is 48.5 Å². The molecule has 2 aromatic carbocycles. The van der Waals surface area contributed by atoms with E-state index in [2.05, 4.69) is 76.1 Å². The van der Waals surface area contributed by atoms with E-state index >= 15 is 0 Å². The standard InChI is InChI=1S/2C22H40N3.2HI/c2*1-4-5-6-7-8-9-10-11-18-25(2,3)22-16-17-24(19-22)21-14-12-20(23)13-15-21;;/h2*12-15,22H,4-11,16-19,23H2,1-3H3;2*1H/q2*+1;;/p-2. The largest absolute Gasteiger partial charge is 1.00 e. The van der Waals surface area contributed by atoms with Gasteiger partial charge in [0.25, 0.3) is 0 Å². The van der Waals surface area contributed by atoms with Gasteiger partial charge in [-0.3, -0.25) is 0 Å². The van der Waals surface area contributed by atoms with Gasteiger partial charge >= 0.3 is 0 Å². The number of halogens is 2. The normalized spacial score (nSPS) is 17.3. The number of quaternary nitrogens is 2. The number of nitrogen functional groups attached to an aromatic ring is 2. The summed E-state index contributed by atoms with van der Waals surface area (Å²) in [4.78, 5) is 5.05. The third-order valence-electron chi connectivity index (χ3n) is 12.0. The lowest BCUT2D eigenvalue weighted by Crippen LogP contribution is -3.00. The summed E-state index contributed by atoms with van der Waals surface area (Å²) in [5.41, 5.74) is 16.0. The fourth-order valence-electron chi connectivity index (χ4n) is 8.14. The molecule has 8 heteroatoms. The predicted octanol–water partition coefficient (Wildman–Crippen LogP) is 4.14. The van der Waals surface area contributed by atoms with Crippen LogP contribution in [0.3, 0.4) is 0 Å². The van der Waals surface area contributed by atoms with Crippen molar-refractivity contribution in [2.75, 3.05) is 88.7 Å². The average molecular weight is 947 g/mol. The highest BCUT2D eigenvalue weighted by atomic mass is 127. The Hall–Kier alpha value is -0.980. The van der Waals surface area contributed by atoms with E-state index in [-0.39, 0.29) is 48.0 Å². The van der Waals surface area contributed by atoms with E-state index in [0.29, 0.717) is 0 Å². The lowest BCUT2D eigenvalue weighted by molar-refractivity contribution is -0.912. The Bertz CT molecular complexity index is 1060. The number of nitrogens with two attached hydrogens (primary N) is 2. The van der Waals surface area contributed by atoms with Gasteiger partial charge < -0.3 is 78.2 Å². The van der Waals surface area contributed by atoms with Crippen LogP contribution in [-0.4, -0.2) is 88.5 Å². The molecule has 0 amide bonds. The number of benzene rings is 2. The molecule has 4 rings (SSSR count). The van der Waals surface area contributed by atoms with E-state index in [4.69, 9.17) is 11.5 Å². The third kappa shape index (κ3) is 18.1. The predicted molar refractivity (Wildman–Crippen MR) is 222 cm³/mol. The first-order valence-corrected chi connectivity index (χ1v) is 20.9. The Morgan fingerprint density at radius 2 is 0.769 bits per heavy atom. The summed E-state index contributed by atoms with van der Waals surface area (Å²) < 4.78 is 2.34. The number of nitrogens with zero attached hydrogens (tertiary/aromatic N) is 4. The average Bonchev–Trinajstić information content (AvgIpc) is 3.81. The summed E-state index contributed by atoms with van der Waals surface area (Å²) in [6, 6.07) is 18.2. The fraction of sp³-hybridized carbons (Fsp3) is 0.727. The fourth-order valence-corrected chi connectivity index (χ4v) is 8.14. The maximum Gasteiger partial charge on any atom is 0.108 e. The van der Waals surface area contributed by atoms with E-state index in [9.17, 15) is 0 Å². The van der Waals surface area contributed by atoms with Crippen molar-refractivity contribution >= 4 is 22.7 Å². The lowest BCUT2D eigenvalue weighted by atomic mass is 10.1. The first kappa shape index (κ1) is 49.0. The van der Waals surface area contributed by atoms with Crippen molar-refractivity contribution in [1.29, 1.82) is 0 Å². The van der Waals surface area contributed by atoms with Gasteiger partial charge in [0.2, 0.25) is 0 Å². The zero-order valence-electron chi connectivity index (χ0n) is 34.4. The second-order valence-electron chi connectivity index (χ2n) is 16.9. The molecule has 2 aliphatic heterocycles. The van der Waals surface area contributed by atoms with Crippen molar-refractivity contribution in [3.8, 4) is 0 Å². The maximum atomic E-state index is 5.81. The highest BCUT2D eigenvalue weighted by molar-refractivity contribution is 5.54. The molecule has 0 spiro atoms. The van der Waals surface area contributed by atoms with Crippen molar-refractivity contribution in [1.82, 2.24) is 0 Å². The van der Waals surface area contributed by atoms with Crippen LogP contribution < -0.4 is 69.2 Å². The van der Waals surface area contributed by atoms with Gasteiger partial charge in [-0.05, 0) is 74.2 Å². The van der Waals surface area contributed by atoms with E-state index < -0.39 is 0 Å². The van der Waals surface area contributed by atoms with Crippen LogP contribution in [0.5, 0.6) is 0 Å². The second kappa shape index (κ2) is 26.8. The van der Waals surface area contributed by atoms with Gasteiger partial charge in [-0.15, -0.1) is 0 Å². The number of rotatable bonds is 22. The summed E-state index contributed by atoms with van der Waals surface area (Å²) in [5.74, 6) is 0. The van der Waals surface area contributed by atoms with Crippen LogP contribution in [0.4, 0.5) is 22.7 Å². The van der Waals surface area contributed by atoms with Gasteiger partial charge in [-0.2, -0.15) is 0 Å². The van der Waals surface area contributed by atoms with Crippen LogP contribution >= 0.6 is 0 Å². The molecule has 2 atom stereocenters. The quantitative estimate of drug-likeness (QED) is 0.0808. The summed E-state index contributed by atoms with van der Waals surface area (Å²) in [7, 11) is 9.72. The van der Waals surface area contributed by atoms with E-state index in [1.54, 1.807) is 0 Å². The Morgan fingerprint density at radius 1 is 0.481 bits per heavy atom. The summed E-state index contributed by atoms with van der Waals surface area (Å²) in [6.45, 7) is 11.9.